The fourth-order valence-corrected chi connectivity index (χ4v) is 10.2. The largest absolute Gasteiger partial charge is 0.459 e. The molecule has 10 aromatic rings. The number of hydrogen-bond acceptors (Lipinski definition) is 14. The van der Waals surface area contributed by atoms with Crippen LogP contribution >= 0.6 is 22.7 Å². The molecule has 0 saturated carbocycles. The summed E-state index contributed by atoms with van der Waals surface area (Å²) in [5.41, 5.74) is -3.83. The summed E-state index contributed by atoms with van der Waals surface area (Å²) in [5.74, 6) is -2.14. The topological polar surface area (TPSA) is 171 Å². The second-order valence-electron chi connectivity index (χ2n) is 14.9. The first-order valence-electron chi connectivity index (χ1n) is 19.6. The lowest BCUT2D eigenvalue weighted by atomic mass is 9.84. The molecule has 8 aromatic carbocycles. The van der Waals surface area contributed by atoms with Crippen LogP contribution in [0.5, 0.6) is 0 Å². The van der Waals surface area contributed by atoms with Gasteiger partial charge in [0.1, 0.15) is 13.2 Å². The van der Waals surface area contributed by atoms with Gasteiger partial charge in [0.2, 0.25) is 32.0 Å². The van der Waals surface area contributed by atoms with E-state index < -0.39 is 39.1 Å². The van der Waals surface area contributed by atoms with Crippen LogP contribution in [0.3, 0.4) is 0 Å². The van der Waals surface area contributed by atoms with Crippen LogP contribution in [0, 0.1) is 0 Å². The summed E-state index contributed by atoms with van der Waals surface area (Å²) in [6, 6.07) is 39.0. The fraction of sp³-hybridized carbons (Fsp3) is 0.0612. The van der Waals surface area contributed by atoms with E-state index in [0.717, 1.165) is 44.2 Å². The first-order valence-corrected chi connectivity index (χ1v) is 21.2. The smallest absolute Gasteiger partial charge is 0.336 e. The quantitative estimate of drug-likeness (QED) is 0.119. The molecule has 0 atom stereocenters. The molecule has 0 spiro atoms. The summed E-state index contributed by atoms with van der Waals surface area (Å²) in [6.45, 7) is -0.468. The van der Waals surface area contributed by atoms with E-state index in [0.29, 0.717) is 11.1 Å². The Labute approximate surface area is 361 Å². The summed E-state index contributed by atoms with van der Waals surface area (Å²) in [7, 11) is 0. The Kier molecular flexibility index (Phi) is 8.82. The lowest BCUT2D eigenvalue weighted by Crippen LogP contribution is -2.46. The van der Waals surface area contributed by atoms with E-state index in [1.54, 1.807) is 84.9 Å². The predicted molar refractivity (Wildman–Crippen MR) is 240 cm³/mol. The molecule has 1 aliphatic rings. The van der Waals surface area contributed by atoms with Crippen LogP contribution in [-0.4, -0.2) is 21.9 Å². The van der Waals surface area contributed by atoms with E-state index in [1.807, 2.05) is 48.5 Å². The van der Waals surface area contributed by atoms with Crippen molar-refractivity contribution in [2.24, 2.45) is 9.98 Å². The van der Waals surface area contributed by atoms with Gasteiger partial charge in [-0.05, 0) is 56.9 Å². The van der Waals surface area contributed by atoms with Crippen LogP contribution in [0.1, 0.15) is 22.5 Å². The third kappa shape index (κ3) is 6.02. The van der Waals surface area contributed by atoms with Crippen molar-refractivity contribution < 1.29 is 19.1 Å². The Morgan fingerprint density at radius 2 is 0.794 bits per heavy atom. The van der Waals surface area contributed by atoms with Crippen molar-refractivity contribution >= 4 is 88.0 Å². The maximum Gasteiger partial charge on any atom is 0.336 e. The van der Waals surface area contributed by atoms with Gasteiger partial charge in [0.25, 0.3) is 5.41 Å². The summed E-state index contributed by atoms with van der Waals surface area (Å²) in [4.78, 5) is 104. The maximum absolute atomic E-state index is 14.9. The number of hydrogen-bond donors (Lipinski definition) is 0. The number of carbonyl (C=O) groups excluding carboxylic acids is 2. The van der Waals surface area contributed by atoms with E-state index in [1.165, 1.54) is 0 Å². The number of fused-ring (bicyclic) bond motifs is 7. The number of benzene rings is 6. The first-order chi connectivity index (χ1) is 30.7. The van der Waals surface area contributed by atoms with E-state index in [2.05, 4.69) is 9.98 Å². The molecule has 63 heavy (non-hydrogen) atoms. The van der Waals surface area contributed by atoms with E-state index in [9.17, 15) is 28.8 Å². The minimum Gasteiger partial charge on any atom is -0.459 e. The van der Waals surface area contributed by atoms with E-state index in [-0.39, 0.29) is 76.9 Å². The highest BCUT2D eigenvalue weighted by molar-refractivity contribution is 7.25. The normalized spacial score (nSPS) is 12.8. The van der Waals surface area contributed by atoms with Gasteiger partial charge in [-0.15, -0.1) is 0 Å². The average Bonchev–Trinajstić information content (AvgIpc) is 4.08. The molecule has 1 aliphatic carbocycles. The van der Waals surface area contributed by atoms with Gasteiger partial charge in [0, 0.05) is 21.5 Å². The first kappa shape index (κ1) is 38.0. The molecule has 12 nitrogen and oxygen atoms in total. The maximum atomic E-state index is 14.9. The van der Waals surface area contributed by atoms with Crippen LogP contribution in [0.25, 0.3) is 52.8 Å². The molecule has 0 aliphatic heterocycles. The fourth-order valence-electron chi connectivity index (χ4n) is 8.12. The van der Waals surface area contributed by atoms with Crippen LogP contribution in [0.4, 0.5) is 10.3 Å². The Morgan fingerprint density at radius 3 is 1.13 bits per heavy atom. The van der Waals surface area contributed by atoms with Crippen molar-refractivity contribution in [2.75, 3.05) is 0 Å². The minimum absolute atomic E-state index is 0.0965. The molecule has 0 fully saturated rings. The van der Waals surface area contributed by atoms with Crippen molar-refractivity contribution in [1.82, 2.24) is 9.97 Å². The summed E-state index contributed by atoms with van der Waals surface area (Å²) >= 11 is 1.84. The zero-order valence-electron chi connectivity index (χ0n) is 32.5. The van der Waals surface area contributed by atoms with E-state index >= 15 is 0 Å². The number of nitrogens with zero attached hydrogens (tertiary/aromatic N) is 4. The summed E-state index contributed by atoms with van der Waals surface area (Å²) in [6.07, 6.45) is 0. The van der Waals surface area contributed by atoms with Gasteiger partial charge in [-0.2, -0.15) is 0 Å². The van der Waals surface area contributed by atoms with Gasteiger partial charge in [-0.25, -0.2) is 29.5 Å². The van der Waals surface area contributed by atoms with Crippen molar-refractivity contribution in [3.05, 3.63) is 208 Å². The minimum atomic E-state index is -2.47. The molecule has 2 heterocycles. The van der Waals surface area contributed by atoms with Gasteiger partial charge in [-0.1, -0.05) is 132 Å². The van der Waals surface area contributed by atoms with E-state index in [4.69, 9.17) is 19.4 Å². The van der Waals surface area contributed by atoms with Gasteiger partial charge in [0.05, 0.1) is 21.1 Å². The monoisotopic (exact) mass is 862 g/mol. The highest BCUT2D eigenvalue weighted by Gasteiger charge is 2.63. The Morgan fingerprint density at radius 1 is 0.476 bits per heavy atom. The van der Waals surface area contributed by atoms with Crippen LogP contribution in [0.2, 0.25) is 0 Å². The number of rotatable bonds is 8. The highest BCUT2D eigenvalue weighted by atomic mass is 32.1. The van der Waals surface area contributed by atoms with Gasteiger partial charge in [-0.3, -0.25) is 19.2 Å². The molecule has 11 rings (SSSR count). The Hall–Kier alpha value is -7.94. The molecular formula is C49H26N4O8S2. The van der Waals surface area contributed by atoms with Crippen molar-refractivity contribution in [1.29, 1.82) is 0 Å². The molecule has 2 aromatic heterocycles. The standard InChI is InChI=1S/C49H26N4O8S2/c54-37-31-19-27-15-7-8-16-28(27)20-32(31)38(55)35(37)50-47-52-43-41(62-47)42-44(53-48(63-42)51-36-39(56)33-21-29-17-9-10-18-30(29)22-34(33)40(36)57)49(43,45(58)60-23-25-11-3-1-4-12-25)46(59)61-24-26-13-5-2-6-14-26/h1-22H,23-24H2. The molecular weight excluding hydrogens is 837 g/mol. The molecule has 0 saturated heterocycles. The molecule has 0 radical (unpaired) electrons. The molecule has 0 bridgehead atoms. The van der Waals surface area contributed by atoms with Crippen LogP contribution < -0.4 is 32.4 Å². The third-order valence-corrected chi connectivity index (χ3v) is 13.3. The zero-order valence-corrected chi connectivity index (χ0v) is 34.1. The number of esters is 2. The lowest BCUT2D eigenvalue weighted by molar-refractivity contribution is -0.164. The third-order valence-electron chi connectivity index (χ3n) is 11.2. The van der Waals surface area contributed by atoms with Gasteiger partial charge in [0.15, 0.2) is 10.7 Å². The number of aromatic nitrogens is 2. The lowest BCUT2D eigenvalue weighted by Gasteiger charge is -2.24. The second kappa shape index (κ2) is 14.6. The molecule has 302 valence electrons. The Bertz CT molecular complexity index is 3510. The van der Waals surface area contributed by atoms with Gasteiger partial charge >= 0.3 is 11.9 Å². The van der Waals surface area contributed by atoms with Crippen LogP contribution in [-0.2, 0) is 37.7 Å². The number of ether oxygens (including phenoxy) is 2. The highest BCUT2D eigenvalue weighted by Crippen LogP contribution is 2.56. The predicted octanol–water partition coefficient (Wildman–Crippen LogP) is 6.62. The molecule has 14 heteroatoms. The number of carbonyl (C=O) groups is 2. The van der Waals surface area contributed by atoms with Crippen molar-refractivity contribution in [3.63, 3.8) is 0 Å². The number of thiazole rings is 2. The van der Waals surface area contributed by atoms with Crippen LogP contribution in [0.15, 0.2) is 163 Å². The molecule has 0 N–H and O–H groups in total. The zero-order chi connectivity index (χ0) is 43.0. The Balaban J connectivity index is 1.12. The summed E-state index contributed by atoms with van der Waals surface area (Å²) in [5, 5.41) is 2.94. The second-order valence-corrected chi connectivity index (χ2v) is 16.9. The van der Waals surface area contributed by atoms with Gasteiger partial charge < -0.3 is 9.47 Å². The molecule has 0 amide bonds. The average molecular weight is 863 g/mol. The molecule has 0 unspecified atom stereocenters. The van der Waals surface area contributed by atoms with Crippen molar-refractivity contribution in [3.8, 4) is 9.75 Å². The summed E-state index contributed by atoms with van der Waals surface area (Å²) < 4.78 is 11.8. The van der Waals surface area contributed by atoms with Crippen molar-refractivity contribution in [2.45, 2.75) is 18.6 Å². The SMILES string of the molecule is O=C(OCc1ccccc1)C1(C(=O)OCc2ccccc2)c2nc(N=c3c(=O)c4cc5ccccc5cc4c3=O)sc2-c2sc(N=c3c(=O)c4cc5ccccc5cc4c3=O)nc21.